The van der Waals surface area contributed by atoms with Gasteiger partial charge >= 0.3 is 0 Å². The second-order valence-corrected chi connectivity index (χ2v) is 6.66. The quantitative estimate of drug-likeness (QED) is 0.776. The Morgan fingerprint density at radius 3 is 2.61 bits per heavy atom. The number of hydrogen-bond donors (Lipinski definition) is 1. The lowest BCUT2D eigenvalue weighted by atomic mass is 10.2. The predicted octanol–water partition coefficient (Wildman–Crippen LogP) is 3.57. The zero-order chi connectivity index (χ0) is 16.7. The van der Waals surface area contributed by atoms with E-state index in [-0.39, 0.29) is 11.8 Å². The van der Waals surface area contributed by atoms with Crippen LogP contribution in [0.5, 0.6) is 0 Å². The molecular formula is C17H19ClN2O2S. The van der Waals surface area contributed by atoms with Gasteiger partial charge in [0.25, 0.3) is 5.91 Å². The van der Waals surface area contributed by atoms with Crippen molar-refractivity contribution in [1.29, 1.82) is 0 Å². The SMILES string of the molecule is CN(Cc1cccs1)C(=O)CCCNC(=O)c1ccc(Cl)cc1. The highest BCUT2D eigenvalue weighted by Gasteiger charge is 2.10. The summed E-state index contributed by atoms with van der Waals surface area (Å²) in [6, 6.07) is 10.7. The molecule has 2 amide bonds. The van der Waals surface area contributed by atoms with Crippen LogP contribution in [-0.4, -0.2) is 30.3 Å². The molecule has 0 aliphatic carbocycles. The Labute approximate surface area is 145 Å². The van der Waals surface area contributed by atoms with Crippen molar-refractivity contribution in [2.75, 3.05) is 13.6 Å². The van der Waals surface area contributed by atoms with Crippen molar-refractivity contribution in [1.82, 2.24) is 10.2 Å². The molecule has 0 unspecified atom stereocenters. The predicted molar refractivity (Wildman–Crippen MR) is 93.8 cm³/mol. The Balaban J connectivity index is 1.67. The van der Waals surface area contributed by atoms with Gasteiger partial charge in [-0.15, -0.1) is 11.3 Å². The van der Waals surface area contributed by atoms with Gasteiger partial charge < -0.3 is 10.2 Å². The van der Waals surface area contributed by atoms with Crippen LogP contribution < -0.4 is 5.32 Å². The Kier molecular flexibility index (Phi) is 6.62. The van der Waals surface area contributed by atoms with E-state index in [1.54, 1.807) is 47.5 Å². The lowest BCUT2D eigenvalue weighted by molar-refractivity contribution is -0.130. The standard InChI is InChI=1S/C17H19ClN2O2S/c1-20(12-15-4-3-11-23-15)16(21)5-2-10-19-17(22)13-6-8-14(18)9-7-13/h3-4,6-9,11H,2,5,10,12H2,1H3,(H,19,22). The van der Waals surface area contributed by atoms with Gasteiger partial charge in [0.15, 0.2) is 0 Å². The zero-order valence-electron chi connectivity index (χ0n) is 12.9. The Morgan fingerprint density at radius 1 is 1.22 bits per heavy atom. The molecule has 0 saturated heterocycles. The maximum absolute atomic E-state index is 12.0. The van der Waals surface area contributed by atoms with Crippen molar-refractivity contribution in [2.45, 2.75) is 19.4 Å². The van der Waals surface area contributed by atoms with Gasteiger partial charge in [0.2, 0.25) is 5.91 Å². The molecule has 0 saturated carbocycles. The van der Waals surface area contributed by atoms with Crippen molar-refractivity contribution in [2.24, 2.45) is 0 Å². The molecule has 0 atom stereocenters. The summed E-state index contributed by atoms with van der Waals surface area (Å²) in [6.45, 7) is 1.10. The van der Waals surface area contributed by atoms with Gasteiger partial charge in [-0.05, 0) is 42.1 Å². The summed E-state index contributed by atoms with van der Waals surface area (Å²) in [6.07, 6.45) is 1.04. The van der Waals surface area contributed by atoms with Gasteiger partial charge in [0.1, 0.15) is 0 Å². The summed E-state index contributed by atoms with van der Waals surface area (Å²) in [7, 11) is 1.80. The fraction of sp³-hybridized carbons (Fsp3) is 0.294. The monoisotopic (exact) mass is 350 g/mol. The van der Waals surface area contributed by atoms with E-state index < -0.39 is 0 Å². The second kappa shape index (κ2) is 8.70. The van der Waals surface area contributed by atoms with E-state index in [1.807, 2.05) is 17.5 Å². The molecule has 23 heavy (non-hydrogen) atoms. The van der Waals surface area contributed by atoms with E-state index in [9.17, 15) is 9.59 Å². The molecule has 2 rings (SSSR count). The van der Waals surface area contributed by atoms with E-state index >= 15 is 0 Å². The number of rotatable bonds is 7. The van der Waals surface area contributed by atoms with E-state index in [1.165, 1.54) is 0 Å². The van der Waals surface area contributed by atoms with Crippen LogP contribution in [0.3, 0.4) is 0 Å². The number of hydrogen-bond acceptors (Lipinski definition) is 3. The van der Waals surface area contributed by atoms with Crippen LogP contribution in [0.4, 0.5) is 0 Å². The fourth-order valence-electron chi connectivity index (χ4n) is 2.06. The highest BCUT2D eigenvalue weighted by molar-refractivity contribution is 7.09. The van der Waals surface area contributed by atoms with Crippen molar-refractivity contribution in [3.8, 4) is 0 Å². The highest BCUT2D eigenvalue weighted by Crippen LogP contribution is 2.12. The number of carbonyl (C=O) groups excluding carboxylic acids is 2. The van der Waals surface area contributed by atoms with E-state index in [2.05, 4.69) is 5.32 Å². The largest absolute Gasteiger partial charge is 0.352 e. The van der Waals surface area contributed by atoms with Crippen molar-refractivity contribution >= 4 is 34.8 Å². The average Bonchev–Trinajstić information content (AvgIpc) is 3.04. The van der Waals surface area contributed by atoms with Crippen molar-refractivity contribution in [3.05, 3.63) is 57.2 Å². The van der Waals surface area contributed by atoms with E-state index in [0.717, 1.165) is 4.88 Å². The minimum Gasteiger partial charge on any atom is -0.352 e. The van der Waals surface area contributed by atoms with Gasteiger partial charge in [0, 0.05) is 35.5 Å². The summed E-state index contributed by atoms with van der Waals surface area (Å²) in [5.74, 6) is -0.0693. The van der Waals surface area contributed by atoms with Gasteiger partial charge in [-0.2, -0.15) is 0 Å². The van der Waals surface area contributed by atoms with Crippen LogP contribution in [0.25, 0.3) is 0 Å². The van der Waals surface area contributed by atoms with Crippen LogP contribution in [0.1, 0.15) is 28.1 Å². The third kappa shape index (κ3) is 5.69. The molecule has 0 aliphatic heterocycles. The van der Waals surface area contributed by atoms with Crippen LogP contribution in [0.2, 0.25) is 5.02 Å². The molecule has 4 nitrogen and oxygen atoms in total. The molecule has 0 bridgehead atoms. The Bertz CT molecular complexity index is 641. The van der Waals surface area contributed by atoms with Crippen molar-refractivity contribution < 1.29 is 9.59 Å². The fourth-order valence-corrected chi connectivity index (χ4v) is 2.94. The number of amides is 2. The molecule has 1 aromatic carbocycles. The topological polar surface area (TPSA) is 49.4 Å². The third-order valence-corrected chi connectivity index (χ3v) is 4.47. The Hall–Kier alpha value is -1.85. The highest BCUT2D eigenvalue weighted by atomic mass is 35.5. The van der Waals surface area contributed by atoms with E-state index in [0.29, 0.717) is 36.5 Å². The molecule has 0 fully saturated rings. The molecule has 1 N–H and O–H groups in total. The molecule has 1 heterocycles. The molecule has 0 radical (unpaired) electrons. The third-order valence-electron chi connectivity index (χ3n) is 3.36. The summed E-state index contributed by atoms with van der Waals surface area (Å²) in [5, 5.41) is 5.41. The number of halogens is 1. The number of benzene rings is 1. The van der Waals surface area contributed by atoms with Crippen molar-refractivity contribution in [3.63, 3.8) is 0 Å². The van der Waals surface area contributed by atoms with Gasteiger partial charge in [0.05, 0.1) is 6.54 Å². The molecule has 6 heteroatoms. The first-order valence-electron chi connectivity index (χ1n) is 7.36. The van der Waals surface area contributed by atoms with Crippen LogP contribution in [-0.2, 0) is 11.3 Å². The normalized spacial score (nSPS) is 10.3. The summed E-state index contributed by atoms with van der Waals surface area (Å²) in [5.41, 5.74) is 0.565. The van der Waals surface area contributed by atoms with E-state index in [4.69, 9.17) is 11.6 Å². The summed E-state index contributed by atoms with van der Waals surface area (Å²) >= 11 is 7.42. The molecule has 0 spiro atoms. The maximum atomic E-state index is 12.0. The summed E-state index contributed by atoms with van der Waals surface area (Å²) in [4.78, 5) is 26.8. The van der Waals surface area contributed by atoms with Crippen LogP contribution in [0, 0.1) is 0 Å². The summed E-state index contributed by atoms with van der Waals surface area (Å²) < 4.78 is 0. The number of nitrogens with zero attached hydrogens (tertiary/aromatic N) is 1. The molecule has 122 valence electrons. The van der Waals surface area contributed by atoms with Crippen LogP contribution in [0.15, 0.2) is 41.8 Å². The van der Waals surface area contributed by atoms with Gasteiger partial charge in [-0.3, -0.25) is 9.59 Å². The first-order valence-corrected chi connectivity index (χ1v) is 8.62. The Morgan fingerprint density at radius 2 is 1.96 bits per heavy atom. The smallest absolute Gasteiger partial charge is 0.251 e. The average molecular weight is 351 g/mol. The van der Waals surface area contributed by atoms with Crippen LogP contribution >= 0.6 is 22.9 Å². The lowest BCUT2D eigenvalue weighted by Crippen LogP contribution is -2.28. The number of thiophene rings is 1. The lowest BCUT2D eigenvalue weighted by Gasteiger charge is -2.16. The number of nitrogens with one attached hydrogen (secondary N) is 1. The molecule has 1 aromatic heterocycles. The molecular weight excluding hydrogens is 332 g/mol. The molecule has 0 aliphatic rings. The first kappa shape index (κ1) is 17.5. The maximum Gasteiger partial charge on any atom is 0.251 e. The molecule has 2 aromatic rings. The number of carbonyl (C=O) groups is 2. The van der Waals surface area contributed by atoms with Gasteiger partial charge in [-0.25, -0.2) is 0 Å². The van der Waals surface area contributed by atoms with Gasteiger partial charge in [-0.1, -0.05) is 17.7 Å². The second-order valence-electron chi connectivity index (χ2n) is 5.20. The minimum absolute atomic E-state index is 0.0825. The zero-order valence-corrected chi connectivity index (χ0v) is 14.5. The minimum atomic E-state index is -0.152. The first-order chi connectivity index (χ1) is 11.1.